The molecule has 1 heterocycles. The molecule has 2 fully saturated rings. The van der Waals surface area contributed by atoms with E-state index < -0.39 is 5.54 Å². The number of morpholine rings is 1. The Morgan fingerprint density at radius 3 is 2.48 bits per heavy atom. The van der Waals surface area contributed by atoms with E-state index in [0.29, 0.717) is 6.54 Å². The standard InChI is InChI=1S/C20H31N3O2/c1-16-5-7-17(8-6-16)18(23-11-13-25-14-12-23)15-22-19(24)20(21)9-3-2-4-10-20/h5-8,18H,2-4,9-15,21H2,1H3,(H,22,24). The lowest BCUT2D eigenvalue weighted by Crippen LogP contribution is -2.56. The number of nitrogens with zero attached hydrogens (tertiary/aromatic N) is 1. The molecule has 0 bridgehead atoms. The first-order valence-electron chi connectivity index (χ1n) is 9.54. The van der Waals surface area contributed by atoms with Crippen LogP contribution in [0.15, 0.2) is 24.3 Å². The first kappa shape index (κ1) is 18.4. The zero-order valence-corrected chi connectivity index (χ0v) is 15.3. The van der Waals surface area contributed by atoms with Gasteiger partial charge < -0.3 is 15.8 Å². The maximum Gasteiger partial charge on any atom is 0.240 e. The molecule has 1 saturated carbocycles. The SMILES string of the molecule is Cc1ccc(C(CNC(=O)C2(N)CCCCC2)N2CCOCC2)cc1. The van der Waals surface area contributed by atoms with Gasteiger partial charge in [-0.2, -0.15) is 0 Å². The molecule has 0 radical (unpaired) electrons. The van der Waals surface area contributed by atoms with Gasteiger partial charge in [0.1, 0.15) is 0 Å². The van der Waals surface area contributed by atoms with Crippen LogP contribution in [-0.4, -0.2) is 49.2 Å². The predicted octanol–water partition coefficient (Wildman–Crippen LogP) is 2.15. The Hall–Kier alpha value is -1.43. The van der Waals surface area contributed by atoms with Gasteiger partial charge in [0.05, 0.1) is 24.8 Å². The number of carbonyl (C=O) groups excluding carboxylic acids is 1. The van der Waals surface area contributed by atoms with Gasteiger partial charge in [-0.3, -0.25) is 9.69 Å². The summed E-state index contributed by atoms with van der Waals surface area (Å²) in [6, 6.07) is 8.77. The highest BCUT2D eigenvalue weighted by Gasteiger charge is 2.35. The van der Waals surface area contributed by atoms with Gasteiger partial charge >= 0.3 is 0 Å². The number of amides is 1. The molecule has 25 heavy (non-hydrogen) atoms. The number of nitrogens with one attached hydrogen (secondary N) is 1. The van der Waals surface area contributed by atoms with Crippen molar-refractivity contribution in [3.63, 3.8) is 0 Å². The number of ether oxygens (including phenoxy) is 1. The van der Waals surface area contributed by atoms with Gasteiger partial charge in [0.2, 0.25) is 5.91 Å². The third kappa shape index (κ3) is 4.60. The Kier molecular flexibility index (Phi) is 6.10. The second kappa shape index (κ2) is 8.30. The Labute approximate surface area is 150 Å². The number of hydrogen-bond acceptors (Lipinski definition) is 4. The predicted molar refractivity (Wildman–Crippen MR) is 99.3 cm³/mol. The average Bonchev–Trinajstić information content (AvgIpc) is 2.64. The summed E-state index contributed by atoms with van der Waals surface area (Å²) in [5, 5.41) is 3.16. The molecule has 2 aliphatic rings. The van der Waals surface area contributed by atoms with Gasteiger partial charge in [0.25, 0.3) is 0 Å². The molecule has 138 valence electrons. The lowest BCUT2D eigenvalue weighted by molar-refractivity contribution is -0.127. The Morgan fingerprint density at radius 2 is 1.84 bits per heavy atom. The summed E-state index contributed by atoms with van der Waals surface area (Å²) in [6.07, 6.45) is 4.88. The first-order chi connectivity index (χ1) is 12.1. The van der Waals surface area contributed by atoms with Gasteiger partial charge in [0, 0.05) is 19.6 Å². The molecule has 1 aromatic rings. The minimum Gasteiger partial charge on any atom is -0.379 e. The summed E-state index contributed by atoms with van der Waals surface area (Å²) < 4.78 is 5.49. The number of rotatable bonds is 5. The maximum absolute atomic E-state index is 12.7. The normalized spacial score (nSPS) is 22.3. The smallest absolute Gasteiger partial charge is 0.240 e. The van der Waals surface area contributed by atoms with Gasteiger partial charge in [-0.1, -0.05) is 49.1 Å². The minimum atomic E-state index is -0.679. The molecule has 5 nitrogen and oxygen atoms in total. The lowest BCUT2D eigenvalue weighted by atomic mass is 9.82. The minimum absolute atomic E-state index is 0.0116. The lowest BCUT2D eigenvalue weighted by Gasteiger charge is -2.37. The fraction of sp³-hybridized carbons (Fsp3) is 0.650. The van der Waals surface area contributed by atoms with Crippen molar-refractivity contribution < 1.29 is 9.53 Å². The molecule has 1 saturated heterocycles. The first-order valence-corrected chi connectivity index (χ1v) is 9.54. The third-order valence-corrected chi connectivity index (χ3v) is 5.60. The fourth-order valence-electron chi connectivity index (χ4n) is 3.91. The number of benzene rings is 1. The van der Waals surface area contributed by atoms with E-state index in [1.54, 1.807) is 0 Å². The average molecular weight is 345 g/mol. The van der Waals surface area contributed by atoms with Gasteiger partial charge in [-0.05, 0) is 25.3 Å². The zero-order valence-electron chi connectivity index (χ0n) is 15.3. The fourth-order valence-corrected chi connectivity index (χ4v) is 3.91. The van der Waals surface area contributed by atoms with Crippen LogP contribution in [0.2, 0.25) is 0 Å². The highest BCUT2D eigenvalue weighted by atomic mass is 16.5. The highest BCUT2D eigenvalue weighted by molar-refractivity contribution is 5.86. The second-order valence-corrected chi connectivity index (χ2v) is 7.50. The van der Waals surface area contributed by atoms with Crippen LogP contribution in [0.5, 0.6) is 0 Å². The number of hydrogen-bond donors (Lipinski definition) is 2. The van der Waals surface area contributed by atoms with Crippen molar-refractivity contribution >= 4 is 5.91 Å². The van der Waals surface area contributed by atoms with Crippen LogP contribution >= 0.6 is 0 Å². The van der Waals surface area contributed by atoms with E-state index in [0.717, 1.165) is 52.0 Å². The molecule has 3 N–H and O–H groups in total. The largest absolute Gasteiger partial charge is 0.379 e. The molecule has 3 rings (SSSR count). The summed E-state index contributed by atoms with van der Waals surface area (Å²) in [5.41, 5.74) is 8.19. The Balaban J connectivity index is 1.68. The molecular weight excluding hydrogens is 314 g/mol. The molecule has 5 heteroatoms. The van der Waals surface area contributed by atoms with E-state index in [9.17, 15) is 4.79 Å². The summed E-state index contributed by atoms with van der Waals surface area (Å²) in [4.78, 5) is 15.1. The van der Waals surface area contributed by atoms with Gasteiger partial charge in [-0.25, -0.2) is 0 Å². The number of carbonyl (C=O) groups is 1. The van der Waals surface area contributed by atoms with Crippen LogP contribution in [0.4, 0.5) is 0 Å². The van der Waals surface area contributed by atoms with E-state index in [1.165, 1.54) is 17.5 Å². The van der Waals surface area contributed by atoms with Crippen LogP contribution in [0.1, 0.15) is 49.3 Å². The van der Waals surface area contributed by atoms with Crippen molar-refractivity contribution in [1.29, 1.82) is 0 Å². The van der Waals surface area contributed by atoms with Gasteiger partial charge in [0.15, 0.2) is 0 Å². The van der Waals surface area contributed by atoms with Crippen LogP contribution in [0, 0.1) is 6.92 Å². The molecule has 0 aromatic heterocycles. The molecule has 0 spiro atoms. The van der Waals surface area contributed by atoms with Crippen LogP contribution < -0.4 is 11.1 Å². The maximum atomic E-state index is 12.7. The van der Waals surface area contributed by atoms with Crippen molar-refractivity contribution in [2.45, 2.75) is 50.6 Å². The molecule has 1 aliphatic carbocycles. The quantitative estimate of drug-likeness (QED) is 0.858. The van der Waals surface area contributed by atoms with E-state index in [1.807, 2.05) is 0 Å². The Morgan fingerprint density at radius 1 is 1.20 bits per heavy atom. The van der Waals surface area contributed by atoms with Crippen molar-refractivity contribution in [1.82, 2.24) is 10.2 Å². The van der Waals surface area contributed by atoms with Gasteiger partial charge in [-0.15, -0.1) is 0 Å². The monoisotopic (exact) mass is 345 g/mol. The highest BCUT2D eigenvalue weighted by Crippen LogP contribution is 2.27. The summed E-state index contributed by atoms with van der Waals surface area (Å²) in [5.74, 6) is 0.0116. The van der Waals surface area contributed by atoms with E-state index in [2.05, 4.69) is 41.4 Å². The summed E-state index contributed by atoms with van der Waals surface area (Å²) in [6.45, 7) is 5.97. The van der Waals surface area contributed by atoms with E-state index in [-0.39, 0.29) is 11.9 Å². The molecule has 1 amide bonds. The molecular formula is C20H31N3O2. The van der Waals surface area contributed by atoms with Crippen molar-refractivity contribution in [3.8, 4) is 0 Å². The zero-order chi connectivity index (χ0) is 17.7. The molecule has 1 aromatic carbocycles. The number of aryl methyl sites for hydroxylation is 1. The van der Waals surface area contributed by atoms with E-state index >= 15 is 0 Å². The summed E-state index contributed by atoms with van der Waals surface area (Å²) >= 11 is 0. The van der Waals surface area contributed by atoms with Crippen LogP contribution in [0.25, 0.3) is 0 Å². The topological polar surface area (TPSA) is 67.6 Å². The van der Waals surface area contributed by atoms with Crippen molar-refractivity contribution in [2.75, 3.05) is 32.8 Å². The Bertz CT molecular complexity index is 561. The van der Waals surface area contributed by atoms with Crippen molar-refractivity contribution in [2.24, 2.45) is 5.73 Å². The second-order valence-electron chi connectivity index (χ2n) is 7.50. The number of nitrogens with two attached hydrogens (primary N) is 1. The molecule has 1 atom stereocenters. The third-order valence-electron chi connectivity index (χ3n) is 5.60. The van der Waals surface area contributed by atoms with E-state index in [4.69, 9.17) is 10.5 Å². The molecule has 1 aliphatic heterocycles. The van der Waals surface area contributed by atoms with Crippen LogP contribution in [0.3, 0.4) is 0 Å². The molecule has 1 unspecified atom stereocenters. The summed E-state index contributed by atoms with van der Waals surface area (Å²) in [7, 11) is 0. The van der Waals surface area contributed by atoms with Crippen LogP contribution in [-0.2, 0) is 9.53 Å². The van der Waals surface area contributed by atoms with Crippen molar-refractivity contribution in [3.05, 3.63) is 35.4 Å².